The molecule has 0 unspecified atom stereocenters. The molecule has 8 nitrogen and oxygen atoms in total. The number of hydrogen-bond donors (Lipinski definition) is 2. The van der Waals surface area contributed by atoms with E-state index in [1.165, 1.54) is 6.33 Å². The summed E-state index contributed by atoms with van der Waals surface area (Å²) < 4.78 is 5.33. The van der Waals surface area contributed by atoms with Gasteiger partial charge in [0.15, 0.2) is 0 Å². The number of hydrogen-bond acceptors (Lipinski definition) is 8. The van der Waals surface area contributed by atoms with Crippen molar-refractivity contribution in [2.45, 2.75) is 12.8 Å². The zero-order valence-electron chi connectivity index (χ0n) is 12.6. The average Bonchev–Trinajstić information content (AvgIpc) is 2.61. The second-order valence-corrected chi connectivity index (χ2v) is 5.45. The van der Waals surface area contributed by atoms with Crippen molar-refractivity contribution in [2.75, 3.05) is 30.8 Å². The molecule has 1 aliphatic rings. The number of nitrogens with two attached hydrogens (primary N) is 1. The summed E-state index contributed by atoms with van der Waals surface area (Å²) in [7, 11) is 0. The molecular formula is C15H17N7O. The van der Waals surface area contributed by atoms with Gasteiger partial charge in [-0.05, 0) is 18.9 Å². The van der Waals surface area contributed by atoms with Gasteiger partial charge in [0.25, 0.3) is 0 Å². The molecule has 0 aromatic carbocycles. The molecule has 0 amide bonds. The highest BCUT2D eigenvalue weighted by Gasteiger charge is 2.32. The topological polar surface area (TPSA) is 123 Å². The quantitative estimate of drug-likeness (QED) is 0.864. The van der Waals surface area contributed by atoms with Crippen molar-refractivity contribution >= 4 is 11.8 Å². The van der Waals surface area contributed by atoms with Gasteiger partial charge in [0.05, 0.1) is 22.9 Å². The van der Waals surface area contributed by atoms with Crippen LogP contribution in [0.2, 0.25) is 0 Å². The maximum absolute atomic E-state index is 9.47. The molecule has 2 aromatic rings. The van der Waals surface area contributed by atoms with Gasteiger partial charge < -0.3 is 15.8 Å². The molecule has 0 spiro atoms. The fourth-order valence-electron chi connectivity index (χ4n) is 2.44. The SMILES string of the molecule is N#CC1(CNc2nccc(-c3cc(N)ncn3)n2)CCOCC1. The Hall–Kier alpha value is -2.79. The van der Waals surface area contributed by atoms with Crippen LogP contribution in [0.1, 0.15) is 12.8 Å². The van der Waals surface area contributed by atoms with Gasteiger partial charge in [-0.3, -0.25) is 0 Å². The fraction of sp³-hybridized carbons (Fsp3) is 0.400. The minimum Gasteiger partial charge on any atom is -0.384 e. The van der Waals surface area contributed by atoms with Crippen LogP contribution >= 0.6 is 0 Å². The van der Waals surface area contributed by atoms with E-state index in [0.29, 0.717) is 55.8 Å². The van der Waals surface area contributed by atoms with Crippen molar-refractivity contribution in [1.82, 2.24) is 19.9 Å². The molecule has 0 radical (unpaired) electrons. The first kappa shape index (κ1) is 15.1. The molecule has 2 aromatic heterocycles. The smallest absolute Gasteiger partial charge is 0.223 e. The van der Waals surface area contributed by atoms with Gasteiger partial charge in [-0.1, -0.05) is 0 Å². The average molecular weight is 311 g/mol. The van der Waals surface area contributed by atoms with E-state index in [-0.39, 0.29) is 0 Å². The van der Waals surface area contributed by atoms with Crippen molar-refractivity contribution in [2.24, 2.45) is 5.41 Å². The second-order valence-electron chi connectivity index (χ2n) is 5.45. The number of nitrogens with zero attached hydrogens (tertiary/aromatic N) is 5. The van der Waals surface area contributed by atoms with Crippen molar-refractivity contribution in [3.8, 4) is 17.5 Å². The standard InChI is InChI=1S/C15H17N7O/c16-8-15(2-5-23-6-3-15)9-19-14-18-4-1-11(22-14)12-7-13(17)21-10-20-12/h1,4,7,10H,2-3,5-6,9H2,(H2,17,20,21)(H,18,19,22). The molecular weight excluding hydrogens is 294 g/mol. The maximum atomic E-state index is 9.47. The van der Waals surface area contributed by atoms with Gasteiger partial charge in [-0.25, -0.2) is 19.9 Å². The summed E-state index contributed by atoms with van der Waals surface area (Å²) in [6.07, 6.45) is 4.45. The Balaban J connectivity index is 1.74. The molecule has 3 rings (SSSR count). The van der Waals surface area contributed by atoms with Crippen LogP contribution in [0.25, 0.3) is 11.4 Å². The van der Waals surface area contributed by atoms with Gasteiger partial charge in [0.1, 0.15) is 12.1 Å². The summed E-state index contributed by atoms with van der Waals surface area (Å²) in [5.41, 5.74) is 6.51. The molecule has 118 valence electrons. The number of anilines is 2. The molecule has 3 heterocycles. The summed E-state index contributed by atoms with van der Waals surface area (Å²) in [4.78, 5) is 16.6. The van der Waals surface area contributed by atoms with E-state index in [1.54, 1.807) is 18.3 Å². The monoisotopic (exact) mass is 311 g/mol. The number of aromatic nitrogens is 4. The fourth-order valence-corrected chi connectivity index (χ4v) is 2.44. The number of nitrogens with one attached hydrogen (secondary N) is 1. The highest BCUT2D eigenvalue weighted by atomic mass is 16.5. The summed E-state index contributed by atoms with van der Waals surface area (Å²) in [6, 6.07) is 5.81. The van der Waals surface area contributed by atoms with Gasteiger partial charge in [-0.2, -0.15) is 5.26 Å². The second kappa shape index (κ2) is 6.54. The molecule has 3 N–H and O–H groups in total. The predicted molar refractivity (Wildman–Crippen MR) is 84.1 cm³/mol. The van der Waals surface area contributed by atoms with Gasteiger partial charge in [0, 0.05) is 32.0 Å². The van der Waals surface area contributed by atoms with Crippen LogP contribution in [-0.4, -0.2) is 39.7 Å². The Morgan fingerprint density at radius 3 is 2.83 bits per heavy atom. The number of nitrogen functional groups attached to an aromatic ring is 1. The molecule has 1 saturated heterocycles. The molecule has 0 saturated carbocycles. The maximum Gasteiger partial charge on any atom is 0.223 e. The summed E-state index contributed by atoms with van der Waals surface area (Å²) in [6.45, 7) is 1.70. The lowest BCUT2D eigenvalue weighted by Crippen LogP contribution is -2.35. The Morgan fingerprint density at radius 2 is 2.09 bits per heavy atom. The van der Waals surface area contributed by atoms with E-state index in [1.807, 2.05) is 0 Å². The molecule has 0 aliphatic carbocycles. The first-order valence-corrected chi connectivity index (χ1v) is 7.35. The Morgan fingerprint density at radius 1 is 1.26 bits per heavy atom. The Kier molecular flexibility index (Phi) is 4.30. The van der Waals surface area contributed by atoms with E-state index in [2.05, 4.69) is 31.3 Å². The van der Waals surface area contributed by atoms with Crippen LogP contribution < -0.4 is 11.1 Å². The summed E-state index contributed by atoms with van der Waals surface area (Å²) >= 11 is 0. The minimum atomic E-state index is -0.434. The number of ether oxygens (including phenoxy) is 1. The van der Waals surface area contributed by atoms with Crippen molar-refractivity contribution < 1.29 is 4.74 Å². The van der Waals surface area contributed by atoms with Gasteiger partial charge in [-0.15, -0.1) is 0 Å². The Bertz CT molecular complexity index is 722. The lowest BCUT2D eigenvalue weighted by atomic mass is 9.82. The van der Waals surface area contributed by atoms with Crippen molar-refractivity contribution in [1.29, 1.82) is 5.26 Å². The predicted octanol–water partition coefficient (Wildman–Crippen LogP) is 1.25. The third-order valence-corrected chi connectivity index (χ3v) is 3.88. The molecule has 0 atom stereocenters. The van der Waals surface area contributed by atoms with Crippen LogP contribution in [0.3, 0.4) is 0 Å². The van der Waals surface area contributed by atoms with Gasteiger partial charge >= 0.3 is 0 Å². The first-order chi connectivity index (χ1) is 11.2. The molecule has 1 aliphatic heterocycles. The normalized spacial score (nSPS) is 16.5. The van der Waals surface area contributed by atoms with E-state index >= 15 is 0 Å². The first-order valence-electron chi connectivity index (χ1n) is 7.35. The lowest BCUT2D eigenvalue weighted by Gasteiger charge is -2.30. The van der Waals surface area contributed by atoms with Crippen LogP contribution in [0.5, 0.6) is 0 Å². The van der Waals surface area contributed by atoms with Crippen molar-refractivity contribution in [3.63, 3.8) is 0 Å². The van der Waals surface area contributed by atoms with E-state index in [0.717, 1.165) is 0 Å². The van der Waals surface area contributed by atoms with Crippen LogP contribution in [0, 0.1) is 16.7 Å². The zero-order valence-corrected chi connectivity index (χ0v) is 12.6. The number of rotatable bonds is 4. The molecule has 8 heteroatoms. The van der Waals surface area contributed by atoms with Crippen LogP contribution in [0.15, 0.2) is 24.7 Å². The Labute approximate surface area is 133 Å². The van der Waals surface area contributed by atoms with E-state index < -0.39 is 5.41 Å². The third kappa shape index (κ3) is 3.52. The summed E-state index contributed by atoms with van der Waals surface area (Å²) in [5, 5.41) is 12.6. The molecule has 0 bridgehead atoms. The van der Waals surface area contributed by atoms with E-state index in [4.69, 9.17) is 10.5 Å². The van der Waals surface area contributed by atoms with Crippen LogP contribution in [0.4, 0.5) is 11.8 Å². The van der Waals surface area contributed by atoms with Gasteiger partial charge in [0.2, 0.25) is 5.95 Å². The summed E-state index contributed by atoms with van der Waals surface area (Å²) in [5.74, 6) is 0.842. The minimum absolute atomic E-state index is 0.383. The highest BCUT2D eigenvalue weighted by Crippen LogP contribution is 2.29. The largest absolute Gasteiger partial charge is 0.384 e. The number of nitriles is 1. The molecule has 23 heavy (non-hydrogen) atoms. The van der Waals surface area contributed by atoms with Crippen molar-refractivity contribution in [3.05, 3.63) is 24.7 Å². The third-order valence-electron chi connectivity index (χ3n) is 3.88. The highest BCUT2D eigenvalue weighted by molar-refractivity contribution is 5.58. The van der Waals surface area contributed by atoms with E-state index in [9.17, 15) is 5.26 Å². The zero-order chi connectivity index (χ0) is 16.1. The molecule has 1 fully saturated rings. The van der Waals surface area contributed by atoms with Crippen LogP contribution in [-0.2, 0) is 4.74 Å². The lowest BCUT2D eigenvalue weighted by molar-refractivity contribution is 0.0455.